The van der Waals surface area contributed by atoms with Crippen molar-refractivity contribution in [2.45, 2.75) is 52.1 Å². The average Bonchev–Trinajstić information content (AvgIpc) is 2.57. The molecule has 1 aliphatic heterocycles. The Hall–Kier alpha value is -1.88. The van der Waals surface area contributed by atoms with Crippen LogP contribution < -0.4 is 5.32 Å². The van der Waals surface area contributed by atoms with Crippen LogP contribution in [-0.4, -0.2) is 47.1 Å². The number of rotatable bonds is 6. The number of likely N-dealkylation sites (tertiary alicyclic amines) is 1. The van der Waals surface area contributed by atoms with Gasteiger partial charge in [0.05, 0.1) is 5.60 Å². The Labute approximate surface area is 150 Å². The Morgan fingerprint density at radius 2 is 1.96 bits per heavy atom. The minimum atomic E-state index is -0.699. The summed E-state index contributed by atoms with van der Waals surface area (Å²) in [5, 5.41) is 12.7. The highest BCUT2D eigenvalue weighted by Gasteiger charge is 2.24. The van der Waals surface area contributed by atoms with Crippen molar-refractivity contribution < 1.29 is 14.7 Å². The van der Waals surface area contributed by atoms with E-state index in [0.717, 1.165) is 37.9 Å². The van der Waals surface area contributed by atoms with Crippen molar-refractivity contribution >= 4 is 11.8 Å². The van der Waals surface area contributed by atoms with E-state index >= 15 is 0 Å². The number of aliphatic hydroxyl groups is 1. The molecule has 0 spiro atoms. The van der Waals surface area contributed by atoms with E-state index in [0.29, 0.717) is 24.4 Å². The third-order valence-corrected chi connectivity index (χ3v) is 4.74. The lowest BCUT2D eigenvalue weighted by Crippen LogP contribution is -2.41. The van der Waals surface area contributed by atoms with Crippen LogP contribution >= 0.6 is 0 Å². The molecule has 0 atom stereocenters. The van der Waals surface area contributed by atoms with E-state index in [1.807, 2.05) is 29.2 Å². The minimum absolute atomic E-state index is 0.00128. The highest BCUT2D eigenvalue weighted by Crippen LogP contribution is 2.20. The number of carbonyl (C=O) groups is 2. The second-order valence-corrected chi connectivity index (χ2v) is 7.69. The number of aryl methyl sites for hydroxylation is 1. The van der Waals surface area contributed by atoms with Crippen LogP contribution in [0.5, 0.6) is 0 Å². The normalized spacial score (nSPS) is 15.9. The summed E-state index contributed by atoms with van der Waals surface area (Å²) in [6.07, 6.45) is 3.26. The molecule has 25 heavy (non-hydrogen) atoms. The standard InChI is InChI=1S/C20H30N2O3/c1-15(23)21-14-17-8-11-22(12-9-17)19(24)18-6-4-5-16(13-18)7-10-20(2,3)25/h4-6,13,17,25H,7-12,14H2,1-3H3,(H,21,23). The van der Waals surface area contributed by atoms with Gasteiger partial charge in [0, 0.05) is 32.1 Å². The molecule has 0 aromatic heterocycles. The lowest BCUT2D eigenvalue weighted by atomic mass is 9.95. The largest absolute Gasteiger partial charge is 0.390 e. The van der Waals surface area contributed by atoms with E-state index in [1.54, 1.807) is 13.8 Å². The highest BCUT2D eigenvalue weighted by atomic mass is 16.3. The van der Waals surface area contributed by atoms with Gasteiger partial charge in [-0.3, -0.25) is 9.59 Å². The third-order valence-electron chi connectivity index (χ3n) is 4.74. The van der Waals surface area contributed by atoms with Crippen molar-refractivity contribution in [3.8, 4) is 0 Å². The van der Waals surface area contributed by atoms with Crippen LogP contribution in [0.15, 0.2) is 24.3 Å². The maximum absolute atomic E-state index is 12.7. The second kappa shape index (κ2) is 8.48. The molecule has 0 bridgehead atoms. The van der Waals surface area contributed by atoms with Gasteiger partial charge in [0.25, 0.3) is 5.91 Å². The molecule has 1 saturated heterocycles. The zero-order chi connectivity index (χ0) is 18.4. The number of nitrogens with one attached hydrogen (secondary N) is 1. The van der Waals surface area contributed by atoms with Gasteiger partial charge >= 0.3 is 0 Å². The van der Waals surface area contributed by atoms with Crippen LogP contribution in [0.2, 0.25) is 0 Å². The molecule has 2 N–H and O–H groups in total. The van der Waals surface area contributed by atoms with E-state index in [9.17, 15) is 14.7 Å². The molecule has 5 nitrogen and oxygen atoms in total. The van der Waals surface area contributed by atoms with Crippen molar-refractivity contribution in [2.24, 2.45) is 5.92 Å². The Balaban J connectivity index is 1.90. The SMILES string of the molecule is CC(=O)NCC1CCN(C(=O)c2cccc(CCC(C)(C)O)c2)CC1. The van der Waals surface area contributed by atoms with E-state index in [2.05, 4.69) is 5.32 Å². The second-order valence-electron chi connectivity index (χ2n) is 7.69. The fourth-order valence-corrected chi connectivity index (χ4v) is 3.12. The zero-order valence-electron chi connectivity index (χ0n) is 15.5. The summed E-state index contributed by atoms with van der Waals surface area (Å²) in [5.41, 5.74) is 1.09. The Kier molecular flexibility index (Phi) is 6.59. The Bertz CT molecular complexity index is 599. The number of carbonyl (C=O) groups excluding carboxylic acids is 2. The fraction of sp³-hybridized carbons (Fsp3) is 0.600. The molecule has 1 aliphatic rings. The first-order valence-electron chi connectivity index (χ1n) is 9.09. The summed E-state index contributed by atoms with van der Waals surface area (Å²) in [7, 11) is 0. The number of piperidine rings is 1. The average molecular weight is 346 g/mol. The smallest absolute Gasteiger partial charge is 0.253 e. The third kappa shape index (κ3) is 6.50. The number of benzene rings is 1. The lowest BCUT2D eigenvalue weighted by molar-refractivity contribution is -0.119. The molecule has 0 aliphatic carbocycles. The molecule has 2 amide bonds. The van der Waals surface area contributed by atoms with Crippen LogP contribution in [0.25, 0.3) is 0 Å². The molecule has 138 valence electrons. The molecule has 1 heterocycles. The van der Waals surface area contributed by atoms with Gasteiger partial charge in [-0.2, -0.15) is 0 Å². The molecule has 2 rings (SSSR count). The van der Waals surface area contributed by atoms with Crippen molar-refractivity contribution in [3.05, 3.63) is 35.4 Å². The van der Waals surface area contributed by atoms with Crippen molar-refractivity contribution in [1.82, 2.24) is 10.2 Å². The van der Waals surface area contributed by atoms with E-state index in [1.165, 1.54) is 6.92 Å². The predicted octanol–water partition coefficient (Wildman–Crippen LogP) is 2.38. The van der Waals surface area contributed by atoms with Crippen LogP contribution in [0.3, 0.4) is 0 Å². The molecule has 5 heteroatoms. The van der Waals surface area contributed by atoms with Gasteiger partial charge in [0.2, 0.25) is 5.91 Å². The summed E-state index contributed by atoms with van der Waals surface area (Å²) in [6.45, 7) is 7.29. The number of nitrogens with zero attached hydrogens (tertiary/aromatic N) is 1. The summed E-state index contributed by atoms with van der Waals surface area (Å²) >= 11 is 0. The van der Waals surface area contributed by atoms with E-state index in [4.69, 9.17) is 0 Å². The summed E-state index contributed by atoms with van der Waals surface area (Å²) in [5.74, 6) is 0.524. The summed E-state index contributed by atoms with van der Waals surface area (Å²) in [4.78, 5) is 25.6. The monoisotopic (exact) mass is 346 g/mol. The quantitative estimate of drug-likeness (QED) is 0.831. The number of amides is 2. The molecule has 0 radical (unpaired) electrons. The van der Waals surface area contributed by atoms with Gasteiger partial charge < -0.3 is 15.3 Å². The van der Waals surface area contributed by atoms with Gasteiger partial charge in [-0.1, -0.05) is 12.1 Å². The van der Waals surface area contributed by atoms with Crippen molar-refractivity contribution in [1.29, 1.82) is 0 Å². The van der Waals surface area contributed by atoms with Crippen molar-refractivity contribution in [2.75, 3.05) is 19.6 Å². The topological polar surface area (TPSA) is 69.6 Å². The Morgan fingerprint density at radius 1 is 1.28 bits per heavy atom. The van der Waals surface area contributed by atoms with Crippen LogP contribution in [0.4, 0.5) is 0 Å². The van der Waals surface area contributed by atoms with Crippen LogP contribution in [-0.2, 0) is 11.2 Å². The zero-order valence-corrected chi connectivity index (χ0v) is 15.5. The first kappa shape index (κ1) is 19.4. The molecule has 0 unspecified atom stereocenters. The van der Waals surface area contributed by atoms with Crippen molar-refractivity contribution in [3.63, 3.8) is 0 Å². The van der Waals surface area contributed by atoms with Crippen LogP contribution in [0.1, 0.15) is 56.0 Å². The molecule has 1 aromatic rings. The van der Waals surface area contributed by atoms with Gasteiger partial charge in [-0.05, 0) is 63.1 Å². The van der Waals surface area contributed by atoms with Gasteiger partial charge in [0.1, 0.15) is 0 Å². The van der Waals surface area contributed by atoms with E-state index < -0.39 is 5.60 Å². The molecular formula is C20H30N2O3. The first-order chi connectivity index (χ1) is 11.7. The van der Waals surface area contributed by atoms with Gasteiger partial charge in [0.15, 0.2) is 0 Å². The van der Waals surface area contributed by atoms with Gasteiger partial charge in [-0.25, -0.2) is 0 Å². The van der Waals surface area contributed by atoms with Crippen LogP contribution in [0, 0.1) is 5.92 Å². The highest BCUT2D eigenvalue weighted by molar-refractivity contribution is 5.94. The fourth-order valence-electron chi connectivity index (χ4n) is 3.12. The first-order valence-corrected chi connectivity index (χ1v) is 9.09. The number of hydrogen-bond acceptors (Lipinski definition) is 3. The summed E-state index contributed by atoms with van der Waals surface area (Å²) in [6, 6.07) is 7.72. The molecule has 0 saturated carbocycles. The predicted molar refractivity (Wildman–Crippen MR) is 98.4 cm³/mol. The maximum atomic E-state index is 12.7. The molecular weight excluding hydrogens is 316 g/mol. The maximum Gasteiger partial charge on any atom is 0.253 e. The molecule has 1 fully saturated rings. The lowest BCUT2D eigenvalue weighted by Gasteiger charge is -2.32. The minimum Gasteiger partial charge on any atom is -0.390 e. The van der Waals surface area contributed by atoms with Gasteiger partial charge in [-0.15, -0.1) is 0 Å². The number of hydrogen-bond donors (Lipinski definition) is 2. The Morgan fingerprint density at radius 3 is 2.56 bits per heavy atom. The van der Waals surface area contributed by atoms with E-state index in [-0.39, 0.29) is 11.8 Å². The molecule has 1 aromatic carbocycles. The summed E-state index contributed by atoms with van der Waals surface area (Å²) < 4.78 is 0.